The highest BCUT2D eigenvalue weighted by atomic mass is 32.1. The normalized spacial score (nSPS) is 15.4. The average Bonchev–Trinajstić information content (AvgIpc) is 3.09. The zero-order chi connectivity index (χ0) is 17.1. The first-order valence-corrected chi connectivity index (χ1v) is 7.64. The van der Waals surface area contributed by atoms with Crippen LogP contribution in [0.4, 0.5) is 5.00 Å². The zero-order valence-corrected chi connectivity index (χ0v) is 12.9. The van der Waals surface area contributed by atoms with Gasteiger partial charge in [-0.25, -0.2) is 0 Å². The van der Waals surface area contributed by atoms with E-state index in [0.29, 0.717) is 11.5 Å². The van der Waals surface area contributed by atoms with Crippen LogP contribution in [0.25, 0.3) is 0 Å². The highest BCUT2D eigenvalue weighted by Gasteiger charge is 2.27. The van der Waals surface area contributed by atoms with E-state index in [1.807, 2.05) is 0 Å². The quantitative estimate of drug-likeness (QED) is 0.636. The molecule has 9 nitrogen and oxygen atoms in total. The van der Waals surface area contributed by atoms with Gasteiger partial charge in [-0.3, -0.25) is 30.6 Å². The van der Waals surface area contributed by atoms with Crippen LogP contribution in [-0.2, 0) is 4.79 Å². The van der Waals surface area contributed by atoms with Gasteiger partial charge in [-0.2, -0.15) is 0 Å². The predicted molar refractivity (Wildman–Crippen MR) is 82.9 cm³/mol. The van der Waals surface area contributed by atoms with Crippen LogP contribution >= 0.6 is 11.3 Å². The number of ether oxygens (including phenoxy) is 2. The lowest BCUT2D eigenvalue weighted by molar-refractivity contribution is -0.380. The Morgan fingerprint density at radius 3 is 2.71 bits per heavy atom. The van der Waals surface area contributed by atoms with Gasteiger partial charge in [0.05, 0.1) is 10.5 Å². The smallest absolute Gasteiger partial charge is 0.324 e. The van der Waals surface area contributed by atoms with Crippen LogP contribution in [0, 0.1) is 10.1 Å². The topological polar surface area (TPSA) is 120 Å². The lowest BCUT2D eigenvalue weighted by Gasteiger charge is -2.25. The Labute approximate surface area is 139 Å². The van der Waals surface area contributed by atoms with Crippen molar-refractivity contribution in [2.45, 2.75) is 6.10 Å². The van der Waals surface area contributed by atoms with Crippen LogP contribution in [0.15, 0.2) is 35.7 Å². The van der Waals surface area contributed by atoms with E-state index in [9.17, 15) is 19.7 Å². The number of nitrogens with zero attached hydrogens (tertiary/aromatic N) is 1. The molecule has 10 heteroatoms. The number of benzene rings is 1. The molecular formula is C14H11N3O6S. The molecule has 2 N–H and O–H groups in total. The number of carbonyl (C=O) groups is 2. The Bertz CT molecular complexity index is 805. The van der Waals surface area contributed by atoms with Gasteiger partial charge in [0, 0.05) is 11.4 Å². The van der Waals surface area contributed by atoms with E-state index < -0.39 is 22.8 Å². The third-order valence-corrected chi connectivity index (χ3v) is 4.01. The maximum absolute atomic E-state index is 12.0. The van der Waals surface area contributed by atoms with E-state index in [1.165, 1.54) is 5.38 Å². The Hall–Kier alpha value is -3.14. The number of nitro groups is 1. The first-order chi connectivity index (χ1) is 11.5. The summed E-state index contributed by atoms with van der Waals surface area (Å²) in [5, 5.41) is 11.8. The van der Waals surface area contributed by atoms with Crippen LogP contribution < -0.4 is 20.3 Å². The minimum Gasteiger partial charge on any atom is -0.485 e. The SMILES string of the molecule is O=C(NNC(=O)C1COc2ccccc2O1)c1csc([N+](=O)[O-])c1. The summed E-state index contributed by atoms with van der Waals surface area (Å²) in [7, 11) is 0. The minimum absolute atomic E-state index is 0.00262. The Morgan fingerprint density at radius 1 is 1.25 bits per heavy atom. The van der Waals surface area contributed by atoms with Crippen molar-refractivity contribution in [3.63, 3.8) is 0 Å². The van der Waals surface area contributed by atoms with Crippen molar-refractivity contribution >= 4 is 28.2 Å². The number of fused-ring (bicyclic) bond motifs is 1. The van der Waals surface area contributed by atoms with E-state index in [1.54, 1.807) is 24.3 Å². The number of para-hydroxylation sites is 2. The number of thiophene rings is 1. The van der Waals surface area contributed by atoms with Crippen LogP contribution in [0.3, 0.4) is 0 Å². The van der Waals surface area contributed by atoms with Crippen LogP contribution in [0.2, 0.25) is 0 Å². The van der Waals surface area contributed by atoms with Gasteiger partial charge in [-0.05, 0) is 12.1 Å². The second kappa shape index (κ2) is 6.54. The van der Waals surface area contributed by atoms with Gasteiger partial charge in [0.2, 0.25) is 6.10 Å². The molecule has 1 aromatic heterocycles. The molecule has 1 aliphatic rings. The van der Waals surface area contributed by atoms with E-state index in [0.717, 1.165) is 17.4 Å². The molecule has 0 radical (unpaired) electrons. The van der Waals surface area contributed by atoms with Crippen molar-refractivity contribution in [1.29, 1.82) is 0 Å². The number of carbonyl (C=O) groups excluding carboxylic acids is 2. The molecule has 1 atom stereocenters. The monoisotopic (exact) mass is 349 g/mol. The van der Waals surface area contributed by atoms with Crippen LogP contribution in [-0.4, -0.2) is 29.4 Å². The fourth-order valence-electron chi connectivity index (χ4n) is 1.96. The molecular weight excluding hydrogens is 338 g/mol. The molecule has 1 aliphatic heterocycles. The molecule has 24 heavy (non-hydrogen) atoms. The maximum atomic E-state index is 12.0. The number of hydrazine groups is 1. The molecule has 0 spiro atoms. The van der Waals surface area contributed by atoms with Crippen molar-refractivity contribution in [2.75, 3.05) is 6.61 Å². The van der Waals surface area contributed by atoms with Crippen molar-refractivity contribution in [2.24, 2.45) is 0 Å². The van der Waals surface area contributed by atoms with Crippen molar-refractivity contribution in [3.8, 4) is 11.5 Å². The largest absolute Gasteiger partial charge is 0.485 e. The van der Waals surface area contributed by atoms with Gasteiger partial charge in [-0.1, -0.05) is 23.5 Å². The third-order valence-electron chi connectivity index (χ3n) is 3.13. The van der Waals surface area contributed by atoms with Gasteiger partial charge in [0.1, 0.15) is 6.61 Å². The lowest BCUT2D eigenvalue weighted by Crippen LogP contribution is -2.50. The molecule has 124 valence electrons. The third kappa shape index (κ3) is 3.27. The van der Waals surface area contributed by atoms with Crippen LogP contribution in [0.5, 0.6) is 11.5 Å². The molecule has 0 fully saturated rings. The van der Waals surface area contributed by atoms with Crippen LogP contribution in [0.1, 0.15) is 10.4 Å². The second-order valence-corrected chi connectivity index (χ2v) is 5.63. The summed E-state index contributed by atoms with van der Waals surface area (Å²) < 4.78 is 10.9. The number of hydrogen-bond acceptors (Lipinski definition) is 7. The molecule has 0 aliphatic carbocycles. The maximum Gasteiger partial charge on any atom is 0.324 e. The van der Waals surface area contributed by atoms with Gasteiger partial charge in [0.15, 0.2) is 11.5 Å². The fraction of sp³-hybridized carbons (Fsp3) is 0.143. The summed E-state index contributed by atoms with van der Waals surface area (Å²) >= 11 is 0.823. The summed E-state index contributed by atoms with van der Waals surface area (Å²) in [6, 6.07) is 8.03. The zero-order valence-electron chi connectivity index (χ0n) is 12.1. The van der Waals surface area contributed by atoms with Gasteiger partial charge in [-0.15, -0.1) is 0 Å². The number of hydrogen-bond donors (Lipinski definition) is 2. The highest BCUT2D eigenvalue weighted by Crippen LogP contribution is 2.30. The summed E-state index contributed by atoms with van der Waals surface area (Å²) in [5.74, 6) is -0.285. The predicted octanol–water partition coefficient (Wildman–Crippen LogP) is 1.26. The standard InChI is InChI=1S/C14H11N3O6S/c18-13(8-5-12(17(20)21)24-7-8)15-16-14(19)11-6-22-9-3-1-2-4-10(9)23-11/h1-5,7,11H,6H2,(H,15,18)(H,16,19). The molecule has 2 heterocycles. The first kappa shape index (κ1) is 15.7. The van der Waals surface area contributed by atoms with Crippen molar-refractivity contribution in [3.05, 3.63) is 51.4 Å². The van der Waals surface area contributed by atoms with Gasteiger partial charge in [0.25, 0.3) is 11.8 Å². The van der Waals surface area contributed by atoms with E-state index in [4.69, 9.17) is 9.47 Å². The van der Waals surface area contributed by atoms with Crippen molar-refractivity contribution in [1.82, 2.24) is 10.9 Å². The Morgan fingerprint density at radius 2 is 2.00 bits per heavy atom. The lowest BCUT2D eigenvalue weighted by atomic mass is 10.2. The Balaban J connectivity index is 1.56. The molecule has 0 bridgehead atoms. The fourth-order valence-corrected chi connectivity index (χ4v) is 2.66. The highest BCUT2D eigenvalue weighted by molar-refractivity contribution is 7.13. The average molecular weight is 349 g/mol. The molecule has 1 unspecified atom stereocenters. The molecule has 2 amide bonds. The van der Waals surface area contributed by atoms with E-state index in [2.05, 4.69) is 10.9 Å². The number of amides is 2. The molecule has 2 aromatic rings. The van der Waals surface area contributed by atoms with E-state index in [-0.39, 0.29) is 17.2 Å². The first-order valence-electron chi connectivity index (χ1n) is 6.76. The number of rotatable bonds is 3. The molecule has 0 saturated heterocycles. The number of nitrogens with one attached hydrogen (secondary N) is 2. The second-order valence-electron chi connectivity index (χ2n) is 4.74. The summed E-state index contributed by atoms with van der Waals surface area (Å²) in [6.07, 6.45) is -0.919. The van der Waals surface area contributed by atoms with Gasteiger partial charge < -0.3 is 9.47 Å². The summed E-state index contributed by atoms with van der Waals surface area (Å²) in [4.78, 5) is 33.9. The molecule has 1 aromatic carbocycles. The molecule has 0 saturated carbocycles. The van der Waals surface area contributed by atoms with Crippen molar-refractivity contribution < 1.29 is 24.0 Å². The van der Waals surface area contributed by atoms with E-state index >= 15 is 0 Å². The van der Waals surface area contributed by atoms with Gasteiger partial charge >= 0.3 is 5.00 Å². The summed E-state index contributed by atoms with van der Waals surface area (Å²) in [6.45, 7) is 0.00262. The molecule has 3 rings (SSSR count). The Kier molecular flexibility index (Phi) is 4.29. The minimum atomic E-state index is -0.919. The summed E-state index contributed by atoms with van der Waals surface area (Å²) in [5.41, 5.74) is 4.48.